The van der Waals surface area contributed by atoms with Crippen molar-refractivity contribution in [3.8, 4) is 17.0 Å². The van der Waals surface area contributed by atoms with E-state index in [0.717, 1.165) is 33.6 Å². The molecule has 0 unspecified atom stereocenters. The van der Waals surface area contributed by atoms with Crippen molar-refractivity contribution in [2.75, 3.05) is 7.11 Å². The van der Waals surface area contributed by atoms with Crippen molar-refractivity contribution in [2.24, 2.45) is 0 Å². The Labute approximate surface area is 140 Å². The van der Waals surface area contributed by atoms with Crippen molar-refractivity contribution in [2.45, 2.75) is 6.54 Å². The molecule has 0 N–H and O–H groups in total. The van der Waals surface area contributed by atoms with E-state index >= 15 is 0 Å². The molecular formula is C20H17N3O. The third-order valence-electron chi connectivity index (χ3n) is 4.05. The summed E-state index contributed by atoms with van der Waals surface area (Å²) in [5, 5.41) is 5.89. The summed E-state index contributed by atoms with van der Waals surface area (Å²) in [7, 11) is 1.67. The number of fused-ring (bicyclic) bond motifs is 1. The number of aromatic nitrogens is 3. The minimum atomic E-state index is 0.671. The number of hydrogen-bond acceptors (Lipinski definition) is 3. The highest BCUT2D eigenvalue weighted by Gasteiger charge is 2.13. The molecule has 4 heteroatoms. The summed E-state index contributed by atoms with van der Waals surface area (Å²) in [6, 6.07) is 22.3. The van der Waals surface area contributed by atoms with Gasteiger partial charge < -0.3 is 4.74 Å². The van der Waals surface area contributed by atoms with Gasteiger partial charge in [0, 0.05) is 17.1 Å². The van der Waals surface area contributed by atoms with Crippen molar-refractivity contribution in [1.82, 2.24) is 14.8 Å². The number of hydrogen-bond donors (Lipinski definition) is 0. The highest BCUT2D eigenvalue weighted by atomic mass is 16.5. The predicted octanol–water partition coefficient (Wildman–Crippen LogP) is 4.16. The van der Waals surface area contributed by atoms with Crippen LogP contribution in [0.15, 0.2) is 72.9 Å². The maximum Gasteiger partial charge on any atom is 0.158 e. The summed E-state index contributed by atoms with van der Waals surface area (Å²) in [6.45, 7) is 0.671. The van der Waals surface area contributed by atoms with Crippen molar-refractivity contribution in [1.29, 1.82) is 0 Å². The van der Waals surface area contributed by atoms with E-state index in [2.05, 4.69) is 35.3 Å². The highest BCUT2D eigenvalue weighted by molar-refractivity contribution is 5.91. The molecule has 4 aromatic rings. The molecular weight excluding hydrogens is 298 g/mol. The third-order valence-corrected chi connectivity index (χ3v) is 4.05. The Hall–Kier alpha value is -3.14. The van der Waals surface area contributed by atoms with E-state index in [-0.39, 0.29) is 0 Å². The van der Waals surface area contributed by atoms with E-state index in [9.17, 15) is 0 Å². The molecule has 2 aromatic heterocycles. The van der Waals surface area contributed by atoms with E-state index in [0.29, 0.717) is 6.54 Å². The van der Waals surface area contributed by atoms with Gasteiger partial charge in [-0.1, -0.05) is 42.5 Å². The minimum absolute atomic E-state index is 0.671. The molecule has 0 atom stereocenters. The van der Waals surface area contributed by atoms with Crippen LogP contribution in [0.2, 0.25) is 0 Å². The van der Waals surface area contributed by atoms with Crippen molar-refractivity contribution in [3.05, 3.63) is 78.5 Å². The molecule has 0 fully saturated rings. The van der Waals surface area contributed by atoms with Gasteiger partial charge in [-0.05, 0) is 29.8 Å². The molecule has 24 heavy (non-hydrogen) atoms. The smallest absolute Gasteiger partial charge is 0.158 e. The minimum Gasteiger partial charge on any atom is -0.497 e. The maximum absolute atomic E-state index is 5.22. The molecule has 0 radical (unpaired) electrons. The van der Waals surface area contributed by atoms with Gasteiger partial charge in [0.25, 0.3) is 0 Å². The first kappa shape index (κ1) is 14.5. The molecule has 0 spiro atoms. The first-order valence-corrected chi connectivity index (χ1v) is 7.85. The Morgan fingerprint density at radius 3 is 2.46 bits per heavy atom. The van der Waals surface area contributed by atoms with Crippen molar-refractivity contribution < 1.29 is 4.74 Å². The van der Waals surface area contributed by atoms with Crippen LogP contribution in [0.4, 0.5) is 0 Å². The molecule has 2 aromatic carbocycles. The zero-order chi connectivity index (χ0) is 16.4. The molecule has 4 rings (SSSR count). The molecule has 0 aliphatic rings. The second kappa shape index (κ2) is 6.16. The highest BCUT2D eigenvalue weighted by Crippen LogP contribution is 2.27. The first-order chi connectivity index (χ1) is 11.8. The average molecular weight is 315 g/mol. The van der Waals surface area contributed by atoms with Crippen LogP contribution >= 0.6 is 0 Å². The summed E-state index contributed by atoms with van der Waals surface area (Å²) >= 11 is 0. The Balaban J connectivity index is 1.78. The lowest BCUT2D eigenvalue weighted by Gasteiger charge is -2.04. The molecule has 0 amide bonds. The Bertz CT molecular complexity index is 959. The van der Waals surface area contributed by atoms with E-state index < -0.39 is 0 Å². The Morgan fingerprint density at radius 1 is 0.917 bits per heavy atom. The molecule has 118 valence electrons. The van der Waals surface area contributed by atoms with Crippen molar-refractivity contribution >= 4 is 11.0 Å². The Morgan fingerprint density at radius 2 is 1.71 bits per heavy atom. The monoisotopic (exact) mass is 315 g/mol. The second-order valence-electron chi connectivity index (χ2n) is 5.59. The number of benzene rings is 2. The lowest BCUT2D eigenvalue weighted by atomic mass is 10.1. The van der Waals surface area contributed by atoms with Crippen molar-refractivity contribution in [3.63, 3.8) is 0 Å². The van der Waals surface area contributed by atoms with Gasteiger partial charge in [-0.3, -0.25) is 0 Å². The normalized spacial score (nSPS) is 10.9. The number of ether oxygens (including phenoxy) is 1. The molecule has 2 heterocycles. The fourth-order valence-corrected chi connectivity index (χ4v) is 2.83. The fraction of sp³-hybridized carbons (Fsp3) is 0.100. The van der Waals surface area contributed by atoms with Crippen LogP contribution in [0.3, 0.4) is 0 Å². The van der Waals surface area contributed by atoms with Crippen LogP contribution in [0.5, 0.6) is 5.75 Å². The number of rotatable bonds is 4. The van der Waals surface area contributed by atoms with Gasteiger partial charge in [0.1, 0.15) is 11.4 Å². The van der Waals surface area contributed by atoms with Gasteiger partial charge in [0.05, 0.1) is 13.7 Å². The standard InChI is InChI=1S/C20H17N3O/c1-24-17-11-9-15(10-12-17)14-23-20-18(8-5-13-21-20)19(22-23)16-6-3-2-4-7-16/h2-13H,14H2,1H3. The summed E-state index contributed by atoms with van der Waals surface area (Å²) in [5.74, 6) is 0.854. The number of methoxy groups -OCH3 is 1. The molecule has 0 bridgehead atoms. The number of nitrogens with zero attached hydrogens (tertiary/aromatic N) is 3. The lowest BCUT2D eigenvalue weighted by Crippen LogP contribution is -2.02. The van der Waals surface area contributed by atoms with Gasteiger partial charge in [-0.25, -0.2) is 9.67 Å². The zero-order valence-corrected chi connectivity index (χ0v) is 13.4. The van der Waals surface area contributed by atoms with E-state index in [1.54, 1.807) is 7.11 Å². The predicted molar refractivity (Wildman–Crippen MR) is 95.1 cm³/mol. The molecule has 0 aliphatic carbocycles. The van der Waals surface area contributed by atoms with Crippen LogP contribution in [0, 0.1) is 0 Å². The van der Waals surface area contributed by atoms with E-state index in [1.165, 1.54) is 0 Å². The topological polar surface area (TPSA) is 39.9 Å². The largest absolute Gasteiger partial charge is 0.497 e. The van der Waals surface area contributed by atoms with Gasteiger partial charge in [0.15, 0.2) is 5.65 Å². The zero-order valence-electron chi connectivity index (χ0n) is 13.4. The SMILES string of the molecule is COc1ccc(Cn2nc(-c3ccccc3)c3cccnc32)cc1. The van der Waals surface area contributed by atoms with Crippen LogP contribution in [0.25, 0.3) is 22.3 Å². The first-order valence-electron chi connectivity index (χ1n) is 7.85. The van der Waals surface area contributed by atoms with Crippen LogP contribution in [-0.4, -0.2) is 21.9 Å². The fourth-order valence-electron chi connectivity index (χ4n) is 2.83. The summed E-state index contributed by atoms with van der Waals surface area (Å²) in [6.07, 6.45) is 1.81. The molecule has 0 aliphatic heterocycles. The molecule has 0 saturated carbocycles. The molecule has 4 nitrogen and oxygen atoms in total. The summed E-state index contributed by atoms with van der Waals surface area (Å²) in [4.78, 5) is 4.53. The average Bonchev–Trinajstić information content (AvgIpc) is 3.02. The Kier molecular flexibility index (Phi) is 3.71. The van der Waals surface area contributed by atoms with Crippen LogP contribution < -0.4 is 4.74 Å². The van der Waals surface area contributed by atoms with Gasteiger partial charge >= 0.3 is 0 Å². The second-order valence-corrected chi connectivity index (χ2v) is 5.59. The van der Waals surface area contributed by atoms with Crippen LogP contribution in [-0.2, 0) is 6.54 Å². The van der Waals surface area contributed by atoms with Gasteiger partial charge in [-0.2, -0.15) is 5.10 Å². The lowest BCUT2D eigenvalue weighted by molar-refractivity contribution is 0.414. The van der Waals surface area contributed by atoms with Crippen LogP contribution in [0.1, 0.15) is 5.56 Å². The summed E-state index contributed by atoms with van der Waals surface area (Å²) in [5.41, 5.74) is 4.12. The van der Waals surface area contributed by atoms with Gasteiger partial charge in [-0.15, -0.1) is 0 Å². The van der Waals surface area contributed by atoms with Gasteiger partial charge in [0.2, 0.25) is 0 Å². The quantitative estimate of drug-likeness (QED) is 0.568. The number of pyridine rings is 1. The van der Waals surface area contributed by atoms with E-state index in [4.69, 9.17) is 9.84 Å². The molecule has 0 saturated heterocycles. The maximum atomic E-state index is 5.22. The summed E-state index contributed by atoms with van der Waals surface area (Å²) < 4.78 is 7.17. The van der Waals surface area contributed by atoms with E-state index in [1.807, 2.05) is 47.3 Å². The third kappa shape index (κ3) is 2.63.